The molecule has 1 aromatic heterocycles. The summed E-state index contributed by atoms with van der Waals surface area (Å²) in [5.74, 6) is -1.01. The molecule has 70 valence electrons. The highest BCUT2D eigenvalue weighted by atomic mass is 127. The molecule has 0 saturated carbocycles. The molecule has 0 spiro atoms. The van der Waals surface area contributed by atoms with Crippen LogP contribution in [0.3, 0.4) is 0 Å². The first-order valence-corrected chi connectivity index (χ1v) is 4.67. The van der Waals surface area contributed by atoms with E-state index in [-0.39, 0.29) is 12.1 Å². The van der Waals surface area contributed by atoms with Gasteiger partial charge < -0.3 is 9.67 Å². The molecule has 5 heteroatoms. The quantitative estimate of drug-likeness (QED) is 0.822. The van der Waals surface area contributed by atoms with Crippen LogP contribution in [0.5, 0.6) is 0 Å². The molecular weight excluding hydrogens is 285 g/mol. The van der Waals surface area contributed by atoms with Crippen molar-refractivity contribution in [3.8, 4) is 0 Å². The van der Waals surface area contributed by atoms with Crippen molar-refractivity contribution in [2.24, 2.45) is 0 Å². The van der Waals surface area contributed by atoms with Crippen LogP contribution in [0, 0.1) is 10.5 Å². The zero-order valence-electron chi connectivity index (χ0n) is 6.95. The molecule has 0 aliphatic heterocycles. The Hall–Kier alpha value is -0.850. The highest BCUT2D eigenvalue weighted by molar-refractivity contribution is 14.1. The molecule has 1 aromatic rings. The van der Waals surface area contributed by atoms with Crippen molar-refractivity contribution < 1.29 is 9.90 Å². The van der Waals surface area contributed by atoms with Crippen molar-refractivity contribution in [1.29, 1.82) is 0 Å². The summed E-state index contributed by atoms with van der Waals surface area (Å²) >= 11 is 2.04. The summed E-state index contributed by atoms with van der Waals surface area (Å²) in [5, 5.41) is 8.49. The monoisotopic (exact) mass is 293 g/mol. The minimum absolute atomic E-state index is 0.241. The second-order valence-electron chi connectivity index (χ2n) is 2.62. The van der Waals surface area contributed by atoms with Gasteiger partial charge in [-0.15, -0.1) is 0 Å². The van der Waals surface area contributed by atoms with Gasteiger partial charge in [-0.25, -0.2) is 0 Å². The molecule has 0 atom stereocenters. The zero-order chi connectivity index (χ0) is 10.0. The first-order chi connectivity index (χ1) is 6.02. The number of halogens is 1. The van der Waals surface area contributed by atoms with Crippen LogP contribution in [0.1, 0.15) is 5.56 Å². The van der Waals surface area contributed by atoms with Crippen molar-refractivity contribution in [3.63, 3.8) is 0 Å². The van der Waals surface area contributed by atoms with Gasteiger partial charge in [-0.2, -0.15) is 0 Å². The van der Waals surface area contributed by atoms with Gasteiger partial charge in [0.1, 0.15) is 6.54 Å². The lowest BCUT2D eigenvalue weighted by Crippen LogP contribution is -2.25. The standard InChI is InChI=1S/C8H8INO3/c1-5-6(9)2-3-10(8(5)13)4-7(11)12/h2-3H,4H2,1H3,(H,11,12). The third-order valence-electron chi connectivity index (χ3n) is 1.65. The number of hydrogen-bond donors (Lipinski definition) is 1. The normalized spacial score (nSPS) is 10.0. The molecule has 1 N–H and O–H groups in total. The van der Waals surface area contributed by atoms with E-state index < -0.39 is 5.97 Å². The molecule has 0 amide bonds. The lowest BCUT2D eigenvalue weighted by atomic mass is 10.3. The maximum atomic E-state index is 11.4. The number of hydrogen-bond acceptors (Lipinski definition) is 2. The van der Waals surface area contributed by atoms with Gasteiger partial charge in [0.05, 0.1) is 0 Å². The Kier molecular flexibility index (Phi) is 3.07. The van der Waals surface area contributed by atoms with E-state index in [9.17, 15) is 9.59 Å². The lowest BCUT2D eigenvalue weighted by Gasteiger charge is -2.03. The Bertz CT molecular complexity index is 397. The summed E-state index contributed by atoms with van der Waals surface area (Å²) in [5.41, 5.74) is 0.346. The fourth-order valence-electron chi connectivity index (χ4n) is 0.936. The first kappa shape index (κ1) is 10.2. The molecule has 0 radical (unpaired) electrons. The zero-order valence-corrected chi connectivity index (χ0v) is 9.11. The molecule has 0 bridgehead atoms. The van der Waals surface area contributed by atoms with Crippen molar-refractivity contribution in [1.82, 2.24) is 4.57 Å². The van der Waals surface area contributed by atoms with Crippen LogP contribution in [0.2, 0.25) is 0 Å². The van der Waals surface area contributed by atoms with Crippen molar-refractivity contribution in [2.75, 3.05) is 0 Å². The van der Waals surface area contributed by atoms with Gasteiger partial charge in [0.2, 0.25) is 0 Å². The highest BCUT2D eigenvalue weighted by Crippen LogP contribution is 2.05. The molecular formula is C8H8INO3. The summed E-state index contributed by atoms with van der Waals surface area (Å²) in [7, 11) is 0. The summed E-state index contributed by atoms with van der Waals surface area (Å²) in [4.78, 5) is 21.8. The van der Waals surface area contributed by atoms with Gasteiger partial charge in [-0.1, -0.05) is 0 Å². The van der Waals surface area contributed by atoms with E-state index in [4.69, 9.17) is 5.11 Å². The summed E-state index contributed by atoms with van der Waals surface area (Å²) in [6.07, 6.45) is 1.49. The number of rotatable bonds is 2. The van der Waals surface area contributed by atoms with Gasteiger partial charge in [-0.3, -0.25) is 9.59 Å². The van der Waals surface area contributed by atoms with Crippen LogP contribution < -0.4 is 5.56 Å². The SMILES string of the molecule is Cc1c(I)ccn(CC(=O)O)c1=O. The summed E-state index contributed by atoms with van der Waals surface area (Å²) < 4.78 is 2.03. The Balaban J connectivity index is 3.19. The van der Waals surface area contributed by atoms with E-state index >= 15 is 0 Å². The van der Waals surface area contributed by atoms with E-state index in [2.05, 4.69) is 0 Å². The van der Waals surface area contributed by atoms with Gasteiger partial charge in [-0.05, 0) is 35.6 Å². The molecule has 0 aromatic carbocycles. The van der Waals surface area contributed by atoms with E-state index in [1.165, 1.54) is 10.8 Å². The molecule has 0 aliphatic rings. The third kappa shape index (κ3) is 2.30. The van der Waals surface area contributed by atoms with Crippen LogP contribution in [-0.4, -0.2) is 15.6 Å². The molecule has 0 saturated heterocycles. The van der Waals surface area contributed by atoms with Crippen LogP contribution in [0.4, 0.5) is 0 Å². The molecule has 1 heterocycles. The number of carbonyl (C=O) groups is 1. The maximum Gasteiger partial charge on any atom is 0.323 e. The Labute approximate surface area is 88.3 Å². The third-order valence-corrected chi connectivity index (χ3v) is 2.81. The predicted octanol–water partition coefficient (Wildman–Crippen LogP) is 0.846. The van der Waals surface area contributed by atoms with Gasteiger partial charge in [0, 0.05) is 15.3 Å². The fourth-order valence-corrected chi connectivity index (χ4v) is 1.33. The average molecular weight is 293 g/mol. The number of aromatic nitrogens is 1. The molecule has 13 heavy (non-hydrogen) atoms. The highest BCUT2D eigenvalue weighted by Gasteiger charge is 2.05. The average Bonchev–Trinajstić information content (AvgIpc) is 2.06. The predicted molar refractivity (Wildman–Crippen MR) is 55.8 cm³/mol. The van der Waals surface area contributed by atoms with Crippen molar-refractivity contribution in [3.05, 3.63) is 31.8 Å². The van der Waals surface area contributed by atoms with Crippen LogP contribution >= 0.6 is 22.6 Å². The largest absolute Gasteiger partial charge is 0.480 e. The molecule has 0 aliphatic carbocycles. The molecule has 1 rings (SSSR count). The van der Waals surface area contributed by atoms with E-state index in [1.807, 2.05) is 22.6 Å². The van der Waals surface area contributed by atoms with Crippen LogP contribution in [0.15, 0.2) is 17.1 Å². The second kappa shape index (κ2) is 3.91. The van der Waals surface area contributed by atoms with Crippen molar-refractivity contribution in [2.45, 2.75) is 13.5 Å². The van der Waals surface area contributed by atoms with Gasteiger partial charge in [0.15, 0.2) is 0 Å². The Morgan fingerprint density at radius 2 is 2.31 bits per heavy atom. The lowest BCUT2D eigenvalue weighted by molar-refractivity contribution is -0.137. The topological polar surface area (TPSA) is 59.3 Å². The molecule has 0 unspecified atom stereocenters. The minimum Gasteiger partial charge on any atom is -0.480 e. The number of aliphatic carboxylic acids is 1. The Morgan fingerprint density at radius 3 is 2.85 bits per heavy atom. The number of nitrogens with zero attached hydrogens (tertiary/aromatic N) is 1. The summed E-state index contributed by atoms with van der Waals surface area (Å²) in [6, 6.07) is 1.72. The van der Waals surface area contributed by atoms with E-state index in [1.54, 1.807) is 13.0 Å². The second-order valence-corrected chi connectivity index (χ2v) is 3.78. The van der Waals surface area contributed by atoms with E-state index in [0.29, 0.717) is 5.56 Å². The molecule has 0 fully saturated rings. The number of carboxylic acid groups (broad SMARTS) is 1. The fraction of sp³-hybridized carbons (Fsp3) is 0.250. The van der Waals surface area contributed by atoms with E-state index in [0.717, 1.165) is 3.57 Å². The minimum atomic E-state index is -1.01. The molecule has 4 nitrogen and oxygen atoms in total. The number of pyridine rings is 1. The first-order valence-electron chi connectivity index (χ1n) is 3.59. The number of carboxylic acids is 1. The summed E-state index contributed by atoms with van der Waals surface area (Å²) in [6.45, 7) is 1.40. The van der Waals surface area contributed by atoms with Crippen molar-refractivity contribution >= 4 is 28.6 Å². The van der Waals surface area contributed by atoms with Crippen LogP contribution in [0.25, 0.3) is 0 Å². The smallest absolute Gasteiger partial charge is 0.323 e. The van der Waals surface area contributed by atoms with Gasteiger partial charge >= 0.3 is 5.97 Å². The van der Waals surface area contributed by atoms with Crippen LogP contribution in [-0.2, 0) is 11.3 Å². The van der Waals surface area contributed by atoms with Gasteiger partial charge in [0.25, 0.3) is 5.56 Å². The Morgan fingerprint density at radius 1 is 1.69 bits per heavy atom. The maximum absolute atomic E-state index is 11.4.